The molecule has 0 spiro atoms. The van der Waals surface area contributed by atoms with E-state index in [0.717, 1.165) is 42.4 Å². The predicted molar refractivity (Wildman–Crippen MR) is 92.6 cm³/mol. The van der Waals surface area contributed by atoms with E-state index in [0.29, 0.717) is 29.8 Å². The van der Waals surface area contributed by atoms with Crippen LogP contribution in [0.5, 0.6) is 0 Å². The molecule has 1 aromatic heterocycles. The molecule has 0 saturated heterocycles. The van der Waals surface area contributed by atoms with Crippen molar-refractivity contribution in [2.24, 2.45) is 23.5 Å². The second-order valence-electron chi connectivity index (χ2n) is 6.86. The van der Waals surface area contributed by atoms with Crippen molar-refractivity contribution < 1.29 is 18.0 Å². The molecule has 2 fully saturated rings. The van der Waals surface area contributed by atoms with Crippen molar-refractivity contribution in [3.8, 4) is 0 Å². The van der Waals surface area contributed by atoms with Gasteiger partial charge in [0.2, 0.25) is 5.91 Å². The summed E-state index contributed by atoms with van der Waals surface area (Å²) in [6.07, 6.45) is 0.977. The Kier molecular flexibility index (Phi) is 6.73. The first-order valence-electron chi connectivity index (χ1n) is 8.39. The molecule has 1 amide bonds. The molecule has 0 aromatic carbocycles. The molecule has 2 bridgehead atoms. The number of nitrogens with two attached hydrogens (primary N) is 1. The molecule has 2 atom stereocenters. The Bertz CT molecular complexity index is 581. The molecule has 2 aliphatic rings. The van der Waals surface area contributed by atoms with Gasteiger partial charge in [-0.15, -0.1) is 23.7 Å². The Morgan fingerprint density at radius 2 is 1.96 bits per heavy atom. The largest absolute Gasteiger partial charge is 0.434 e. The third-order valence-electron chi connectivity index (χ3n) is 5.26. The van der Waals surface area contributed by atoms with Gasteiger partial charge in [0.25, 0.3) is 0 Å². The Balaban J connectivity index is 0.00000225. The van der Waals surface area contributed by atoms with E-state index < -0.39 is 11.9 Å². The van der Waals surface area contributed by atoms with Gasteiger partial charge in [-0.2, -0.15) is 13.2 Å². The second kappa shape index (κ2) is 8.22. The summed E-state index contributed by atoms with van der Waals surface area (Å²) in [6, 6.07) is 0.221. The highest BCUT2D eigenvalue weighted by molar-refractivity contribution is 7.09. The number of hydrogen-bond donors (Lipinski definition) is 2. The standard InChI is InChI=1S/C16H22F3N3OS.ClH/c17-16(18,19)12-8-24-13(22-12)4-5-21-15(23)11-6-9-2-1-3-10(7-11)14(9)20;/h8-11,14H,1-7,20H2,(H,21,23);1H. The van der Waals surface area contributed by atoms with Gasteiger partial charge in [-0.25, -0.2) is 4.98 Å². The molecule has 1 heterocycles. The number of amides is 1. The first kappa shape index (κ1) is 20.5. The minimum Gasteiger partial charge on any atom is -0.355 e. The molecule has 142 valence electrons. The summed E-state index contributed by atoms with van der Waals surface area (Å²) in [4.78, 5) is 15.9. The van der Waals surface area contributed by atoms with E-state index in [2.05, 4.69) is 10.3 Å². The molecule has 9 heteroatoms. The smallest absolute Gasteiger partial charge is 0.355 e. The third-order valence-corrected chi connectivity index (χ3v) is 6.17. The maximum Gasteiger partial charge on any atom is 0.434 e. The monoisotopic (exact) mass is 397 g/mol. The fourth-order valence-electron chi connectivity index (χ4n) is 4.00. The lowest BCUT2D eigenvalue weighted by molar-refractivity contribution is -0.140. The van der Waals surface area contributed by atoms with Crippen LogP contribution in [0.1, 0.15) is 42.8 Å². The Morgan fingerprint density at radius 3 is 2.52 bits per heavy atom. The topological polar surface area (TPSA) is 68.0 Å². The fourth-order valence-corrected chi connectivity index (χ4v) is 4.80. The summed E-state index contributed by atoms with van der Waals surface area (Å²) in [5, 5.41) is 4.27. The number of carbonyl (C=O) groups is 1. The molecular formula is C16H23ClF3N3OS. The number of fused-ring (bicyclic) bond motifs is 2. The minimum atomic E-state index is -4.41. The summed E-state index contributed by atoms with van der Waals surface area (Å²) in [5.41, 5.74) is 5.37. The zero-order valence-electron chi connectivity index (χ0n) is 13.7. The molecule has 0 aliphatic heterocycles. The molecule has 3 N–H and O–H groups in total. The highest BCUT2D eigenvalue weighted by Crippen LogP contribution is 2.41. The summed E-state index contributed by atoms with van der Waals surface area (Å²) < 4.78 is 37.5. The van der Waals surface area contributed by atoms with Crippen LogP contribution in [0.25, 0.3) is 0 Å². The van der Waals surface area contributed by atoms with Crippen LogP contribution in [0.3, 0.4) is 0 Å². The molecule has 4 nitrogen and oxygen atoms in total. The lowest BCUT2D eigenvalue weighted by atomic mass is 9.65. The molecule has 3 rings (SSSR count). The highest BCUT2D eigenvalue weighted by atomic mass is 35.5. The van der Waals surface area contributed by atoms with Crippen molar-refractivity contribution in [2.45, 2.75) is 50.7 Å². The molecule has 2 aliphatic carbocycles. The van der Waals surface area contributed by atoms with Crippen LogP contribution in [-0.2, 0) is 17.4 Å². The maximum atomic E-state index is 12.5. The van der Waals surface area contributed by atoms with Gasteiger partial charge >= 0.3 is 6.18 Å². The number of halogens is 4. The average Bonchev–Trinajstić information content (AvgIpc) is 2.95. The third kappa shape index (κ3) is 4.86. The molecule has 1 aromatic rings. The van der Waals surface area contributed by atoms with Crippen molar-refractivity contribution in [1.29, 1.82) is 0 Å². The quantitative estimate of drug-likeness (QED) is 0.818. The van der Waals surface area contributed by atoms with Gasteiger partial charge in [0.15, 0.2) is 5.69 Å². The highest BCUT2D eigenvalue weighted by Gasteiger charge is 2.40. The number of nitrogens with zero attached hydrogens (tertiary/aromatic N) is 1. The lowest BCUT2D eigenvalue weighted by Gasteiger charge is -2.43. The average molecular weight is 398 g/mol. The van der Waals surface area contributed by atoms with E-state index in [1.807, 2.05) is 0 Å². The SMILES string of the molecule is Cl.NC1C2CCCC1CC(C(=O)NCCc1nc(C(F)(F)F)cs1)C2. The molecule has 2 saturated carbocycles. The lowest BCUT2D eigenvalue weighted by Crippen LogP contribution is -2.49. The molecular weight excluding hydrogens is 375 g/mol. The van der Waals surface area contributed by atoms with Crippen LogP contribution >= 0.6 is 23.7 Å². The van der Waals surface area contributed by atoms with Crippen LogP contribution in [0.2, 0.25) is 0 Å². The summed E-state index contributed by atoms with van der Waals surface area (Å²) >= 11 is 0.979. The number of hydrogen-bond acceptors (Lipinski definition) is 4. The van der Waals surface area contributed by atoms with E-state index in [9.17, 15) is 18.0 Å². The van der Waals surface area contributed by atoms with Crippen molar-refractivity contribution in [3.63, 3.8) is 0 Å². The van der Waals surface area contributed by atoms with Crippen LogP contribution < -0.4 is 11.1 Å². The Morgan fingerprint density at radius 1 is 1.32 bits per heavy atom. The van der Waals surface area contributed by atoms with Gasteiger partial charge in [0, 0.05) is 30.3 Å². The van der Waals surface area contributed by atoms with Gasteiger partial charge < -0.3 is 11.1 Å². The van der Waals surface area contributed by atoms with Crippen molar-refractivity contribution in [2.75, 3.05) is 6.54 Å². The summed E-state index contributed by atoms with van der Waals surface area (Å²) in [5.74, 6) is 0.858. The fraction of sp³-hybridized carbons (Fsp3) is 0.750. The Labute approximate surface area is 155 Å². The molecule has 0 radical (unpaired) electrons. The Hall–Kier alpha value is -0.860. The van der Waals surface area contributed by atoms with Gasteiger partial charge in [0.05, 0.1) is 5.01 Å². The number of alkyl halides is 3. The maximum absolute atomic E-state index is 12.5. The number of thiazole rings is 1. The predicted octanol–water partition coefficient (Wildman–Crippen LogP) is 3.40. The van der Waals surface area contributed by atoms with Crippen LogP contribution in [0, 0.1) is 17.8 Å². The van der Waals surface area contributed by atoms with E-state index in [4.69, 9.17) is 5.73 Å². The first-order chi connectivity index (χ1) is 11.3. The second-order valence-corrected chi connectivity index (χ2v) is 7.80. The molecule has 2 unspecified atom stereocenters. The van der Waals surface area contributed by atoms with Crippen molar-refractivity contribution in [1.82, 2.24) is 10.3 Å². The van der Waals surface area contributed by atoms with E-state index in [1.54, 1.807) is 0 Å². The number of rotatable bonds is 4. The van der Waals surface area contributed by atoms with Crippen molar-refractivity contribution in [3.05, 3.63) is 16.1 Å². The number of nitrogens with one attached hydrogen (secondary N) is 1. The van der Waals surface area contributed by atoms with Crippen molar-refractivity contribution >= 4 is 29.7 Å². The number of carbonyl (C=O) groups excluding carboxylic acids is 1. The summed E-state index contributed by atoms with van der Waals surface area (Å²) in [6.45, 7) is 0.321. The first-order valence-corrected chi connectivity index (χ1v) is 9.27. The normalized spacial score (nSPS) is 29.0. The number of aromatic nitrogens is 1. The minimum absolute atomic E-state index is 0. The van der Waals surface area contributed by atoms with E-state index in [1.165, 1.54) is 6.42 Å². The van der Waals surface area contributed by atoms with E-state index in [-0.39, 0.29) is 30.3 Å². The van der Waals surface area contributed by atoms with Gasteiger partial charge in [0.1, 0.15) is 0 Å². The zero-order chi connectivity index (χ0) is 17.3. The van der Waals surface area contributed by atoms with Gasteiger partial charge in [-0.05, 0) is 37.5 Å². The molecule has 25 heavy (non-hydrogen) atoms. The van der Waals surface area contributed by atoms with E-state index >= 15 is 0 Å². The van der Waals surface area contributed by atoms with Crippen LogP contribution in [0.15, 0.2) is 5.38 Å². The van der Waals surface area contributed by atoms with Crippen LogP contribution in [-0.4, -0.2) is 23.5 Å². The zero-order valence-corrected chi connectivity index (χ0v) is 15.4. The summed E-state index contributed by atoms with van der Waals surface area (Å²) in [7, 11) is 0. The van der Waals surface area contributed by atoms with Gasteiger partial charge in [-0.1, -0.05) is 6.42 Å². The van der Waals surface area contributed by atoms with Gasteiger partial charge in [-0.3, -0.25) is 4.79 Å². The van der Waals surface area contributed by atoms with Crippen LogP contribution in [0.4, 0.5) is 13.2 Å².